The predicted molar refractivity (Wildman–Crippen MR) is 115 cm³/mol. The van der Waals surface area contributed by atoms with Crippen molar-refractivity contribution in [3.63, 3.8) is 0 Å². The van der Waals surface area contributed by atoms with Gasteiger partial charge in [0.15, 0.2) is 5.75 Å². The number of amides is 1. The molecule has 4 saturated carbocycles. The van der Waals surface area contributed by atoms with Gasteiger partial charge in [0.2, 0.25) is 5.43 Å². The minimum atomic E-state index is -0.482. The van der Waals surface area contributed by atoms with Crippen LogP contribution in [0.15, 0.2) is 47.3 Å². The van der Waals surface area contributed by atoms with Crippen LogP contribution >= 0.6 is 0 Å². The van der Waals surface area contributed by atoms with Gasteiger partial charge in [-0.05, 0) is 104 Å². The Morgan fingerprint density at radius 3 is 2.27 bits per heavy atom. The van der Waals surface area contributed by atoms with E-state index in [9.17, 15) is 14.7 Å². The Morgan fingerprint density at radius 2 is 1.63 bits per heavy atom. The second-order valence-corrected chi connectivity index (χ2v) is 9.44. The molecule has 5 heteroatoms. The summed E-state index contributed by atoms with van der Waals surface area (Å²) in [6.07, 6.45) is 7.67. The smallest absolute Gasteiger partial charge is 0.255 e. The molecule has 156 valence electrons. The van der Waals surface area contributed by atoms with Crippen LogP contribution < -0.4 is 15.5 Å². The van der Waals surface area contributed by atoms with E-state index < -0.39 is 5.43 Å². The molecule has 5 nitrogen and oxygen atoms in total. The number of carbonyl (C=O) groups is 1. The van der Waals surface area contributed by atoms with Gasteiger partial charge < -0.3 is 15.2 Å². The Bertz CT molecular complexity index is 1030. The highest BCUT2D eigenvalue weighted by molar-refractivity contribution is 6.04. The number of carbonyl (C=O) groups excluding carboxylic acids is 1. The summed E-state index contributed by atoms with van der Waals surface area (Å²) in [5, 5.41) is 12.4. The van der Waals surface area contributed by atoms with E-state index >= 15 is 0 Å². The fraction of sp³-hybridized carbons (Fsp3) is 0.440. The van der Waals surface area contributed by atoms with Gasteiger partial charge in [0, 0.05) is 16.8 Å². The van der Waals surface area contributed by atoms with Crippen molar-refractivity contribution in [2.24, 2.45) is 17.8 Å². The van der Waals surface area contributed by atoms with E-state index in [-0.39, 0.29) is 17.1 Å². The van der Waals surface area contributed by atoms with Gasteiger partial charge in [-0.25, -0.2) is 0 Å². The number of rotatable bonds is 4. The highest BCUT2D eigenvalue weighted by atomic mass is 16.5. The van der Waals surface area contributed by atoms with Gasteiger partial charge in [0.05, 0.1) is 7.11 Å². The molecule has 0 saturated heterocycles. The van der Waals surface area contributed by atoms with Crippen molar-refractivity contribution in [1.82, 2.24) is 0 Å². The van der Waals surface area contributed by atoms with Crippen LogP contribution in [0, 0.1) is 17.8 Å². The molecule has 2 aromatic carbocycles. The zero-order chi connectivity index (χ0) is 20.9. The maximum absolute atomic E-state index is 13.0. The van der Waals surface area contributed by atoms with Crippen LogP contribution in [0.1, 0.15) is 54.4 Å². The molecule has 0 radical (unpaired) electrons. The second-order valence-electron chi connectivity index (χ2n) is 9.44. The summed E-state index contributed by atoms with van der Waals surface area (Å²) in [6.45, 7) is 0. The van der Waals surface area contributed by atoms with E-state index in [0.29, 0.717) is 11.3 Å². The Hall–Kier alpha value is -2.82. The Morgan fingerprint density at radius 1 is 1.00 bits per heavy atom. The van der Waals surface area contributed by atoms with Gasteiger partial charge in [-0.3, -0.25) is 9.59 Å². The van der Waals surface area contributed by atoms with E-state index in [2.05, 4.69) is 5.32 Å². The molecule has 0 aliphatic heterocycles. The predicted octanol–water partition coefficient (Wildman–Crippen LogP) is 4.48. The number of hydrogen-bond acceptors (Lipinski definition) is 4. The molecule has 30 heavy (non-hydrogen) atoms. The molecule has 0 aromatic heterocycles. The minimum Gasteiger partial charge on any atom is -0.504 e. The van der Waals surface area contributed by atoms with Crippen molar-refractivity contribution in [2.45, 2.75) is 43.9 Å². The fourth-order valence-corrected chi connectivity index (χ4v) is 6.55. The van der Waals surface area contributed by atoms with Crippen molar-refractivity contribution in [3.05, 3.63) is 63.8 Å². The zero-order valence-corrected chi connectivity index (χ0v) is 17.2. The number of benzene rings is 1. The minimum absolute atomic E-state index is 0.124. The first-order valence-electron chi connectivity index (χ1n) is 10.8. The Kier molecular flexibility index (Phi) is 4.57. The molecule has 4 aliphatic carbocycles. The third kappa shape index (κ3) is 3.26. The normalized spacial score (nSPS) is 28.9. The van der Waals surface area contributed by atoms with Gasteiger partial charge in [-0.15, -0.1) is 0 Å². The maximum atomic E-state index is 13.0. The molecule has 0 heterocycles. The lowest BCUT2D eigenvalue weighted by Gasteiger charge is -2.57. The number of ether oxygens (including phenoxy) is 1. The van der Waals surface area contributed by atoms with E-state index in [1.54, 1.807) is 13.2 Å². The van der Waals surface area contributed by atoms with Crippen LogP contribution in [0.3, 0.4) is 0 Å². The fourth-order valence-electron chi connectivity index (χ4n) is 6.55. The van der Waals surface area contributed by atoms with Crippen LogP contribution in [-0.4, -0.2) is 18.1 Å². The summed E-state index contributed by atoms with van der Waals surface area (Å²) < 4.78 is 5.73. The number of methoxy groups -OCH3 is 1. The molecule has 0 atom stereocenters. The molecule has 4 fully saturated rings. The van der Waals surface area contributed by atoms with Crippen molar-refractivity contribution < 1.29 is 14.6 Å². The number of hydrogen-bond donors (Lipinski definition) is 2. The standard InChI is InChI=1S/C25H27NO4/c1-30-23-7-2-18(24(29)26-19-3-5-21(27)22(28)6-4-19)11-20(23)25-12-15-8-16(13-25)10-17(9-15)14-25/h2-7,11,15-17H,8-10,12-14H2,1H3,(H,26,29)(H,27,28). The molecule has 1 amide bonds. The molecule has 6 rings (SSSR count). The lowest BCUT2D eigenvalue weighted by molar-refractivity contribution is -0.00617. The maximum Gasteiger partial charge on any atom is 0.255 e. The Labute approximate surface area is 176 Å². The molecule has 0 unspecified atom stereocenters. The average Bonchev–Trinajstić information content (AvgIpc) is 2.88. The summed E-state index contributed by atoms with van der Waals surface area (Å²) >= 11 is 0. The summed E-state index contributed by atoms with van der Waals surface area (Å²) in [7, 11) is 1.70. The quantitative estimate of drug-likeness (QED) is 0.786. The largest absolute Gasteiger partial charge is 0.504 e. The Balaban J connectivity index is 1.47. The monoisotopic (exact) mass is 405 g/mol. The highest BCUT2D eigenvalue weighted by Crippen LogP contribution is 2.61. The summed E-state index contributed by atoms with van der Waals surface area (Å²) in [4.78, 5) is 24.5. The van der Waals surface area contributed by atoms with Gasteiger partial charge in [-0.2, -0.15) is 0 Å². The molecular formula is C25H27NO4. The van der Waals surface area contributed by atoms with Crippen molar-refractivity contribution >= 4 is 11.6 Å². The van der Waals surface area contributed by atoms with Gasteiger partial charge in [-0.1, -0.05) is 0 Å². The first kappa shape index (κ1) is 19.2. The zero-order valence-electron chi connectivity index (χ0n) is 17.2. The van der Waals surface area contributed by atoms with E-state index in [4.69, 9.17) is 4.74 Å². The van der Waals surface area contributed by atoms with Crippen LogP contribution in [0.4, 0.5) is 5.69 Å². The molecule has 0 spiro atoms. The topological polar surface area (TPSA) is 75.6 Å². The van der Waals surface area contributed by atoms with Crippen LogP contribution in [-0.2, 0) is 5.41 Å². The molecule has 2 aromatic rings. The highest BCUT2D eigenvalue weighted by Gasteiger charge is 2.52. The SMILES string of the molecule is COc1ccc(C(=O)Nc2ccc(O)c(=O)cc2)cc1C12CC3CC(CC(C3)C1)C2. The molecule has 4 aliphatic rings. The van der Waals surface area contributed by atoms with Gasteiger partial charge in [0.25, 0.3) is 5.91 Å². The number of anilines is 1. The van der Waals surface area contributed by atoms with Crippen LogP contribution in [0.25, 0.3) is 0 Å². The van der Waals surface area contributed by atoms with Gasteiger partial charge in [0.1, 0.15) is 5.75 Å². The third-order valence-corrected chi connectivity index (χ3v) is 7.42. The van der Waals surface area contributed by atoms with Crippen molar-refractivity contribution in [1.29, 1.82) is 0 Å². The van der Waals surface area contributed by atoms with Crippen molar-refractivity contribution in [3.8, 4) is 11.5 Å². The average molecular weight is 405 g/mol. The number of aromatic hydroxyl groups is 1. The first-order chi connectivity index (χ1) is 14.5. The second kappa shape index (κ2) is 7.15. The van der Waals surface area contributed by atoms with Crippen LogP contribution in [0.5, 0.6) is 11.5 Å². The van der Waals surface area contributed by atoms with Gasteiger partial charge >= 0.3 is 0 Å². The summed E-state index contributed by atoms with van der Waals surface area (Å²) in [6, 6.07) is 11.3. The molecular weight excluding hydrogens is 378 g/mol. The third-order valence-electron chi connectivity index (χ3n) is 7.42. The summed E-state index contributed by atoms with van der Waals surface area (Å²) in [5.41, 5.74) is 1.86. The summed E-state index contributed by atoms with van der Waals surface area (Å²) in [5.74, 6) is 2.71. The van der Waals surface area contributed by atoms with Crippen LogP contribution in [0.2, 0.25) is 0 Å². The number of nitrogens with one attached hydrogen (secondary N) is 1. The van der Waals surface area contributed by atoms with Crippen molar-refractivity contribution in [2.75, 3.05) is 12.4 Å². The van der Waals surface area contributed by atoms with E-state index in [1.807, 2.05) is 12.1 Å². The molecule has 4 bridgehead atoms. The first-order valence-corrected chi connectivity index (χ1v) is 10.8. The molecule has 2 N–H and O–H groups in total. The lowest BCUT2D eigenvalue weighted by Crippen LogP contribution is -2.48. The van der Waals surface area contributed by atoms with E-state index in [0.717, 1.165) is 23.5 Å². The van der Waals surface area contributed by atoms with E-state index in [1.165, 1.54) is 68.4 Å². The lowest BCUT2D eigenvalue weighted by atomic mass is 9.48.